The lowest BCUT2D eigenvalue weighted by Crippen LogP contribution is -2.36. The number of carbonyl (C=O) groups is 2. The van der Waals surface area contributed by atoms with Crippen molar-refractivity contribution in [3.63, 3.8) is 0 Å². The molecule has 7 nitrogen and oxygen atoms in total. The molecular weight excluding hydrogens is 365 g/mol. The van der Waals surface area contributed by atoms with Crippen LogP contribution in [0.1, 0.15) is 68.6 Å². The highest BCUT2D eigenvalue weighted by Crippen LogP contribution is 2.45. The fourth-order valence-corrected chi connectivity index (χ4v) is 4.13. The van der Waals surface area contributed by atoms with E-state index in [0.717, 1.165) is 0 Å². The molecule has 0 aliphatic rings. The molecule has 1 amide bonds. The molecule has 8 heteroatoms. The largest absolute Gasteiger partial charge is 0.341 e. The molecule has 0 aromatic carbocycles. The van der Waals surface area contributed by atoms with Gasteiger partial charge in [0.1, 0.15) is 5.78 Å². The molecule has 1 unspecified atom stereocenters. The monoisotopic (exact) mass is 402 g/mol. The molecule has 0 bridgehead atoms. The zero-order valence-corrected chi connectivity index (χ0v) is 18.3. The van der Waals surface area contributed by atoms with Gasteiger partial charge in [0, 0.05) is 39.4 Å². The van der Waals surface area contributed by atoms with Crippen molar-refractivity contribution in [1.82, 2.24) is 9.57 Å². The topological polar surface area (TPSA) is 82.9 Å². The highest BCUT2D eigenvalue weighted by atomic mass is 31.2. The Balaban J connectivity index is 4.78. The van der Waals surface area contributed by atoms with Crippen LogP contribution >= 0.6 is 8.53 Å². The van der Waals surface area contributed by atoms with Crippen LogP contribution in [-0.2, 0) is 18.6 Å². The Morgan fingerprint density at radius 3 is 2.30 bits per heavy atom. The zero-order chi connectivity index (χ0) is 21.5. The first-order chi connectivity index (χ1) is 13.2. The third-order valence-electron chi connectivity index (χ3n) is 3.77. The Morgan fingerprint density at radius 2 is 1.78 bits per heavy atom. The van der Waals surface area contributed by atoms with Gasteiger partial charge in [-0.3, -0.25) is 4.79 Å². The van der Waals surface area contributed by atoms with Crippen molar-refractivity contribution < 1.29 is 20.0 Å². The summed E-state index contributed by atoms with van der Waals surface area (Å²) in [6.45, 7) is 11.2. The van der Waals surface area contributed by atoms with Crippen molar-refractivity contribution in [2.75, 3.05) is 26.3 Å². The number of nitriles is 1. The van der Waals surface area contributed by atoms with E-state index in [0.29, 0.717) is 52.0 Å². The zero-order valence-electron chi connectivity index (χ0n) is 18.4. The van der Waals surface area contributed by atoms with Gasteiger partial charge >= 0.3 is 0 Å². The van der Waals surface area contributed by atoms with E-state index in [4.69, 9.17) is 15.7 Å². The number of rotatable bonds is 15. The minimum atomic E-state index is -1.34. The lowest BCUT2D eigenvalue weighted by Gasteiger charge is -2.36. The highest BCUT2D eigenvalue weighted by Gasteiger charge is 2.27. The summed E-state index contributed by atoms with van der Waals surface area (Å²) in [6.07, 6.45) is 1.53. The first kappa shape index (κ1) is 24.0. The van der Waals surface area contributed by atoms with Crippen molar-refractivity contribution in [1.29, 1.82) is 5.26 Å². The Morgan fingerprint density at radius 1 is 1.15 bits per heavy atom. The van der Waals surface area contributed by atoms with Gasteiger partial charge in [0.05, 0.1) is 25.7 Å². The van der Waals surface area contributed by atoms with Crippen LogP contribution in [0.2, 0.25) is 0 Å². The maximum absolute atomic E-state index is 12.4. The van der Waals surface area contributed by atoms with Gasteiger partial charge in [-0.2, -0.15) is 5.26 Å². The smallest absolute Gasteiger partial charge is 0.259 e. The second-order valence-corrected chi connectivity index (χ2v) is 8.27. The van der Waals surface area contributed by atoms with Crippen LogP contribution in [0.25, 0.3) is 0 Å². The van der Waals surface area contributed by atoms with E-state index in [9.17, 15) is 9.59 Å². The van der Waals surface area contributed by atoms with Gasteiger partial charge in [-0.1, -0.05) is 0 Å². The molecule has 27 heavy (non-hydrogen) atoms. The lowest BCUT2D eigenvalue weighted by molar-refractivity contribution is -0.131. The fraction of sp³-hybridized carbons (Fsp3) is 0.842. The predicted molar refractivity (Wildman–Crippen MR) is 108 cm³/mol. The maximum atomic E-state index is 12.4. The van der Waals surface area contributed by atoms with E-state index in [1.54, 1.807) is 4.90 Å². The number of nitrogens with zero attached hydrogens (tertiary/aromatic N) is 3. The molecule has 0 N–H and O–H groups in total. The van der Waals surface area contributed by atoms with Crippen LogP contribution in [-0.4, -0.2) is 59.6 Å². The Labute approximate surface area is 167 Å². The Hall–Kier alpha value is -1.06. The van der Waals surface area contributed by atoms with E-state index < -0.39 is 8.53 Å². The minimum Gasteiger partial charge on any atom is -0.341 e. The lowest BCUT2D eigenvalue weighted by atomic mass is 10.2. The molecule has 0 fully saturated rings. The summed E-state index contributed by atoms with van der Waals surface area (Å²) in [6, 6.07) is 2.49. The average molecular weight is 402 g/mol. The number of hydrogen-bond donors (Lipinski definition) is 0. The minimum absolute atomic E-state index is 0.0589. The molecule has 0 saturated carbocycles. The van der Waals surface area contributed by atoms with Crippen molar-refractivity contribution >= 4 is 20.2 Å². The van der Waals surface area contributed by atoms with Crippen LogP contribution < -0.4 is 0 Å². The molecule has 0 aliphatic carbocycles. The van der Waals surface area contributed by atoms with E-state index >= 15 is 0 Å². The van der Waals surface area contributed by atoms with Crippen LogP contribution in [0.15, 0.2) is 0 Å². The Bertz CT molecular complexity index is 492. The molecule has 0 aromatic heterocycles. The summed E-state index contributed by atoms with van der Waals surface area (Å²) < 4.78 is 21.4. The molecule has 0 aliphatic heterocycles. The summed E-state index contributed by atoms with van der Waals surface area (Å²) in [7, 11) is -1.34. The standard InChI is InChI=1S/C19H36N3O4P/c1-7-21(19(24)11-8-10-18(6)23)13-15-26-27(25-14-9-12-20)22(16(2)3)17(4)5/h16-17H,7-11,13-15H2,1-6H3/i1D. The van der Waals surface area contributed by atoms with Crippen LogP contribution in [0.5, 0.6) is 0 Å². The number of carbonyl (C=O) groups excluding carboxylic acids is 2. The first-order valence-electron chi connectivity index (χ1n) is 10.2. The molecule has 0 saturated heterocycles. The van der Waals surface area contributed by atoms with Crippen molar-refractivity contribution in [2.24, 2.45) is 0 Å². The normalized spacial score (nSPS) is 12.9. The number of ketones is 1. The molecule has 0 rings (SSSR count). The molecule has 0 radical (unpaired) electrons. The molecular formula is C19H36N3O4P. The first-order valence-corrected chi connectivity index (χ1v) is 10.6. The number of amides is 1. The summed E-state index contributed by atoms with van der Waals surface area (Å²) in [5.41, 5.74) is 0. The molecule has 0 aromatic rings. The van der Waals surface area contributed by atoms with Crippen molar-refractivity contribution in [3.05, 3.63) is 0 Å². The summed E-state index contributed by atoms with van der Waals surface area (Å²) in [4.78, 5) is 25.0. The van der Waals surface area contributed by atoms with Gasteiger partial charge in [-0.25, -0.2) is 4.67 Å². The third kappa shape index (κ3) is 11.4. The summed E-state index contributed by atoms with van der Waals surface area (Å²) in [5, 5.41) is 8.75. The van der Waals surface area contributed by atoms with Gasteiger partial charge < -0.3 is 18.7 Å². The predicted octanol–water partition coefficient (Wildman–Crippen LogP) is 3.89. The second-order valence-electron chi connectivity index (χ2n) is 6.82. The van der Waals surface area contributed by atoms with E-state index in [-0.39, 0.29) is 30.7 Å². The van der Waals surface area contributed by atoms with E-state index in [1.165, 1.54) is 6.92 Å². The van der Waals surface area contributed by atoms with Crippen molar-refractivity contribution in [2.45, 2.75) is 79.3 Å². The summed E-state index contributed by atoms with van der Waals surface area (Å²) in [5.74, 6) is 0.0159. The van der Waals surface area contributed by atoms with E-state index in [2.05, 4.69) is 38.4 Å². The third-order valence-corrected chi connectivity index (χ3v) is 5.88. The molecule has 0 spiro atoms. The SMILES string of the molecule is [2H]CCN(CCOP(OCCC#N)N(C(C)C)C(C)C)C(=O)CCCC(C)=O. The molecule has 156 valence electrons. The Kier molecular flexibility index (Phi) is 13.3. The number of likely N-dealkylation sites (N-methyl/N-ethyl adjacent to an activating group) is 1. The van der Waals surface area contributed by atoms with Gasteiger partial charge in [-0.05, 0) is 47.9 Å². The van der Waals surface area contributed by atoms with Crippen LogP contribution in [0, 0.1) is 11.3 Å². The van der Waals surface area contributed by atoms with Crippen LogP contribution in [0.4, 0.5) is 0 Å². The molecule has 0 heterocycles. The van der Waals surface area contributed by atoms with Gasteiger partial charge in [0.2, 0.25) is 5.91 Å². The fourth-order valence-electron chi connectivity index (χ4n) is 2.55. The van der Waals surface area contributed by atoms with E-state index in [1.807, 2.05) is 0 Å². The second kappa shape index (κ2) is 14.9. The number of Topliss-reactive ketones (excluding diaryl/α,β-unsaturated/α-hetero) is 1. The molecule has 1 atom stereocenters. The van der Waals surface area contributed by atoms with Crippen LogP contribution in [0.3, 0.4) is 0 Å². The van der Waals surface area contributed by atoms with Gasteiger partial charge in [0.15, 0.2) is 0 Å². The maximum Gasteiger partial charge on any atom is 0.259 e. The van der Waals surface area contributed by atoms with Gasteiger partial charge in [-0.15, -0.1) is 0 Å². The van der Waals surface area contributed by atoms with Crippen molar-refractivity contribution in [3.8, 4) is 6.07 Å². The number of hydrogen-bond acceptors (Lipinski definition) is 6. The average Bonchev–Trinajstić information content (AvgIpc) is 2.59. The highest BCUT2D eigenvalue weighted by molar-refractivity contribution is 7.44. The van der Waals surface area contributed by atoms with Gasteiger partial charge in [0.25, 0.3) is 8.53 Å². The summed E-state index contributed by atoms with van der Waals surface area (Å²) >= 11 is 0. The quantitative estimate of drug-likeness (QED) is 0.305.